The molecule has 2 aliphatic heterocycles. The average Bonchev–Trinajstić information content (AvgIpc) is 2.98. The molecule has 0 atom stereocenters. The third kappa shape index (κ3) is 6.86. The van der Waals surface area contributed by atoms with Gasteiger partial charge in [-0.3, -0.25) is 0 Å². The molecule has 0 aliphatic carbocycles. The van der Waals surface area contributed by atoms with Gasteiger partial charge in [-0.15, -0.1) is 0 Å². The largest absolute Gasteiger partial charge is 0.493 e. The van der Waals surface area contributed by atoms with Gasteiger partial charge in [-0.2, -0.15) is 20.1 Å². The van der Waals surface area contributed by atoms with Gasteiger partial charge in [-0.1, -0.05) is 17.7 Å². The zero-order chi connectivity index (χ0) is 27.0. The van der Waals surface area contributed by atoms with Gasteiger partial charge in [0.1, 0.15) is 12.4 Å². The number of nitrogens with zero attached hydrogens (tertiary/aromatic N) is 6. The van der Waals surface area contributed by atoms with Gasteiger partial charge in [0.15, 0.2) is 11.5 Å². The molecule has 39 heavy (non-hydrogen) atoms. The summed E-state index contributed by atoms with van der Waals surface area (Å²) >= 11 is 6.11. The summed E-state index contributed by atoms with van der Waals surface area (Å²) in [4.78, 5) is 18.6. The molecule has 2 fully saturated rings. The van der Waals surface area contributed by atoms with Gasteiger partial charge >= 0.3 is 0 Å². The van der Waals surface area contributed by atoms with Crippen LogP contribution in [0.5, 0.6) is 11.5 Å². The Hall–Kier alpha value is -3.66. The van der Waals surface area contributed by atoms with E-state index in [4.69, 9.17) is 26.1 Å². The third-order valence-electron chi connectivity index (χ3n) is 6.89. The van der Waals surface area contributed by atoms with Crippen molar-refractivity contribution in [2.24, 2.45) is 5.10 Å². The number of ether oxygens (including phenoxy) is 2. The smallest absolute Gasteiger partial charge is 0.250 e. The molecule has 0 unspecified atom stereocenters. The Morgan fingerprint density at radius 3 is 2.21 bits per heavy atom. The molecule has 2 aromatic carbocycles. The summed E-state index contributed by atoms with van der Waals surface area (Å²) in [6.07, 6.45) is 8.69. The highest BCUT2D eigenvalue weighted by atomic mass is 35.5. The molecule has 2 aliphatic rings. The van der Waals surface area contributed by atoms with Crippen molar-refractivity contribution in [2.45, 2.75) is 45.1 Å². The molecule has 3 aromatic rings. The maximum absolute atomic E-state index is 14.1. The molecule has 0 amide bonds. The van der Waals surface area contributed by atoms with Crippen LogP contribution < -0.4 is 24.7 Å². The van der Waals surface area contributed by atoms with E-state index >= 15 is 0 Å². The van der Waals surface area contributed by atoms with Crippen molar-refractivity contribution in [1.82, 2.24) is 15.0 Å². The molecule has 1 N–H and O–H groups in total. The molecule has 1 aromatic heterocycles. The summed E-state index contributed by atoms with van der Waals surface area (Å²) < 4.78 is 25.4. The van der Waals surface area contributed by atoms with E-state index in [-0.39, 0.29) is 6.61 Å². The highest BCUT2D eigenvalue weighted by molar-refractivity contribution is 6.31. The molecular formula is C28H33ClFN7O2. The van der Waals surface area contributed by atoms with Gasteiger partial charge in [0.25, 0.3) is 0 Å². The molecule has 0 radical (unpaired) electrons. The number of halogens is 2. The molecule has 9 nitrogen and oxygen atoms in total. The fraction of sp³-hybridized carbons (Fsp3) is 0.429. The lowest BCUT2D eigenvalue weighted by Crippen LogP contribution is -2.34. The number of nitrogens with one attached hydrogen (secondary N) is 1. The van der Waals surface area contributed by atoms with Crippen LogP contribution in [-0.4, -0.2) is 54.5 Å². The van der Waals surface area contributed by atoms with Crippen LogP contribution in [-0.2, 0) is 6.61 Å². The Balaban J connectivity index is 1.29. The molecule has 206 valence electrons. The topological polar surface area (TPSA) is 88.0 Å². The number of anilines is 3. The second-order valence-corrected chi connectivity index (χ2v) is 10.0. The minimum atomic E-state index is -0.415. The van der Waals surface area contributed by atoms with Gasteiger partial charge in [-0.25, -0.2) is 9.82 Å². The number of rotatable bonds is 9. The van der Waals surface area contributed by atoms with Crippen LogP contribution in [0.1, 0.15) is 49.7 Å². The minimum Gasteiger partial charge on any atom is -0.493 e. The fourth-order valence-corrected chi connectivity index (χ4v) is 4.96. The van der Waals surface area contributed by atoms with Crippen LogP contribution in [0.2, 0.25) is 5.02 Å². The molecule has 2 saturated heterocycles. The van der Waals surface area contributed by atoms with E-state index in [0.717, 1.165) is 57.4 Å². The van der Waals surface area contributed by atoms with E-state index in [1.54, 1.807) is 37.6 Å². The summed E-state index contributed by atoms with van der Waals surface area (Å²) in [5.74, 6) is 2.35. The van der Waals surface area contributed by atoms with Gasteiger partial charge in [-0.05, 0) is 74.4 Å². The average molecular weight is 554 g/mol. The van der Waals surface area contributed by atoms with Crippen molar-refractivity contribution in [1.29, 1.82) is 0 Å². The monoisotopic (exact) mass is 553 g/mol. The van der Waals surface area contributed by atoms with Crippen LogP contribution in [0.15, 0.2) is 41.5 Å². The van der Waals surface area contributed by atoms with Crippen molar-refractivity contribution in [2.75, 3.05) is 48.5 Å². The number of hydrogen-bond acceptors (Lipinski definition) is 9. The summed E-state index contributed by atoms with van der Waals surface area (Å²) in [5, 5.41) is 4.69. The van der Waals surface area contributed by atoms with Gasteiger partial charge in [0.05, 0.1) is 18.3 Å². The zero-order valence-corrected chi connectivity index (χ0v) is 22.8. The first-order valence-electron chi connectivity index (χ1n) is 13.4. The van der Waals surface area contributed by atoms with Gasteiger partial charge in [0, 0.05) is 31.7 Å². The lowest BCUT2D eigenvalue weighted by Gasteiger charge is -2.30. The fourth-order valence-electron chi connectivity index (χ4n) is 4.74. The predicted octanol–water partition coefficient (Wildman–Crippen LogP) is 5.68. The molecular weight excluding hydrogens is 521 g/mol. The molecule has 3 heterocycles. The molecule has 11 heteroatoms. The van der Waals surface area contributed by atoms with E-state index < -0.39 is 5.82 Å². The number of aromatic nitrogens is 3. The van der Waals surface area contributed by atoms with Crippen molar-refractivity contribution in [3.8, 4) is 11.5 Å². The van der Waals surface area contributed by atoms with Crippen molar-refractivity contribution in [3.05, 3.63) is 58.4 Å². The maximum atomic E-state index is 14.1. The highest BCUT2D eigenvalue weighted by Crippen LogP contribution is 2.30. The molecule has 0 spiro atoms. The van der Waals surface area contributed by atoms with E-state index in [0.29, 0.717) is 39.9 Å². The van der Waals surface area contributed by atoms with Crippen molar-refractivity contribution in [3.63, 3.8) is 0 Å². The molecule has 0 bridgehead atoms. The Bertz CT molecular complexity index is 1240. The SMILES string of the molecule is COc1cc(C=NNc2nc(N3CCCCC3)nc(N3CCCCC3)n2)ccc1OCc1c(F)cccc1Cl. The van der Waals surface area contributed by atoms with E-state index in [1.165, 1.54) is 18.9 Å². The number of methoxy groups -OCH3 is 1. The Morgan fingerprint density at radius 2 is 1.59 bits per heavy atom. The predicted molar refractivity (Wildman–Crippen MR) is 152 cm³/mol. The highest BCUT2D eigenvalue weighted by Gasteiger charge is 2.20. The van der Waals surface area contributed by atoms with Gasteiger partial charge in [0.2, 0.25) is 17.8 Å². The van der Waals surface area contributed by atoms with E-state index in [2.05, 4.69) is 30.3 Å². The Morgan fingerprint density at radius 1 is 0.923 bits per heavy atom. The first kappa shape index (κ1) is 26.9. The van der Waals surface area contributed by atoms with Crippen LogP contribution in [0.25, 0.3) is 0 Å². The minimum absolute atomic E-state index is 0.0189. The van der Waals surface area contributed by atoms with Crippen molar-refractivity contribution >= 4 is 35.7 Å². The first-order chi connectivity index (χ1) is 19.1. The third-order valence-corrected chi connectivity index (χ3v) is 7.24. The second kappa shape index (κ2) is 12.9. The second-order valence-electron chi connectivity index (χ2n) is 9.62. The first-order valence-corrected chi connectivity index (χ1v) is 13.8. The van der Waals surface area contributed by atoms with Crippen LogP contribution >= 0.6 is 11.6 Å². The molecule has 5 rings (SSSR count). The molecule has 0 saturated carbocycles. The number of hydrazone groups is 1. The summed E-state index contributed by atoms with van der Waals surface area (Å²) in [6.45, 7) is 3.77. The maximum Gasteiger partial charge on any atom is 0.250 e. The Labute approximate surface area is 233 Å². The lowest BCUT2D eigenvalue weighted by molar-refractivity contribution is 0.280. The lowest BCUT2D eigenvalue weighted by atomic mass is 10.1. The quantitative estimate of drug-likeness (QED) is 0.267. The summed E-state index contributed by atoms with van der Waals surface area (Å²) in [7, 11) is 1.55. The van der Waals surface area contributed by atoms with Crippen LogP contribution in [0.4, 0.5) is 22.2 Å². The summed E-state index contributed by atoms with van der Waals surface area (Å²) in [5.41, 5.74) is 4.06. The summed E-state index contributed by atoms with van der Waals surface area (Å²) in [6, 6.07) is 9.91. The van der Waals surface area contributed by atoms with Crippen molar-refractivity contribution < 1.29 is 13.9 Å². The van der Waals surface area contributed by atoms with E-state index in [1.807, 2.05) is 6.07 Å². The normalized spacial score (nSPS) is 16.0. The van der Waals surface area contributed by atoms with Crippen LogP contribution in [0, 0.1) is 5.82 Å². The zero-order valence-electron chi connectivity index (χ0n) is 22.1. The number of hydrogen-bond donors (Lipinski definition) is 1. The number of piperidine rings is 2. The standard InChI is InChI=1S/C28H33ClFN7O2/c1-38-25-17-20(11-12-24(25)39-19-21-22(29)9-8-10-23(21)30)18-31-35-26-32-27(36-13-4-2-5-14-36)34-28(33-26)37-15-6-3-7-16-37/h8-12,17-18H,2-7,13-16,19H2,1H3,(H,32,33,34,35). The number of benzene rings is 2. The van der Waals surface area contributed by atoms with E-state index in [9.17, 15) is 4.39 Å². The van der Waals surface area contributed by atoms with Crippen LogP contribution in [0.3, 0.4) is 0 Å². The Kier molecular flexibility index (Phi) is 8.93. The van der Waals surface area contributed by atoms with Gasteiger partial charge < -0.3 is 19.3 Å².